The molecule has 0 unspecified atom stereocenters. The lowest BCUT2D eigenvalue weighted by atomic mass is 10.1. The lowest BCUT2D eigenvalue weighted by molar-refractivity contribution is 0.104. The zero-order valence-corrected chi connectivity index (χ0v) is 12.1. The van der Waals surface area contributed by atoms with E-state index in [1.54, 1.807) is 18.2 Å². The molecule has 0 saturated carbocycles. The predicted octanol–water partition coefficient (Wildman–Crippen LogP) is 4.29. The van der Waals surface area contributed by atoms with E-state index in [2.05, 4.69) is 15.9 Å². The summed E-state index contributed by atoms with van der Waals surface area (Å²) in [7, 11) is 0. The summed E-state index contributed by atoms with van der Waals surface area (Å²) < 4.78 is 0.805. The number of nitrogen functional groups attached to an aromatic ring is 1. The maximum Gasteiger partial charge on any atom is 0.206 e. The van der Waals surface area contributed by atoms with Gasteiger partial charge in [0.15, 0.2) is 0 Å². The summed E-state index contributed by atoms with van der Waals surface area (Å²) in [6.45, 7) is 1.96. The van der Waals surface area contributed by atoms with Crippen LogP contribution in [0.15, 0.2) is 28.7 Å². The van der Waals surface area contributed by atoms with Crippen LogP contribution in [0.2, 0.25) is 5.02 Å². The molecule has 2 nitrogen and oxygen atoms in total. The van der Waals surface area contributed by atoms with Gasteiger partial charge in [0, 0.05) is 25.6 Å². The molecule has 2 aromatic rings. The summed E-state index contributed by atoms with van der Waals surface area (Å²) in [4.78, 5) is 14.0. The van der Waals surface area contributed by atoms with Gasteiger partial charge in [0.1, 0.15) is 0 Å². The van der Waals surface area contributed by atoms with Crippen molar-refractivity contribution in [2.24, 2.45) is 0 Å². The van der Waals surface area contributed by atoms with Crippen LogP contribution in [0.1, 0.15) is 20.1 Å². The van der Waals surface area contributed by atoms with E-state index in [0.717, 1.165) is 9.35 Å². The maximum absolute atomic E-state index is 12.3. The molecule has 0 saturated heterocycles. The molecule has 17 heavy (non-hydrogen) atoms. The smallest absolute Gasteiger partial charge is 0.206 e. The molecule has 2 rings (SSSR count). The molecule has 0 aliphatic rings. The summed E-state index contributed by atoms with van der Waals surface area (Å²) in [5.74, 6) is -0.0795. The average molecular weight is 331 g/mol. The van der Waals surface area contributed by atoms with Crippen molar-refractivity contribution in [2.75, 3.05) is 5.73 Å². The standard InChI is InChI=1S/C12H9BrClNOS/c1-6-4-9(13)12(17-6)11(16)8-3-2-7(14)5-10(8)15/h2-5H,15H2,1H3. The van der Waals surface area contributed by atoms with Crippen LogP contribution in [-0.2, 0) is 0 Å². The first-order chi connectivity index (χ1) is 7.99. The summed E-state index contributed by atoms with van der Waals surface area (Å²) >= 11 is 10.6. The van der Waals surface area contributed by atoms with Gasteiger partial charge in [-0.1, -0.05) is 11.6 Å². The number of hydrogen-bond donors (Lipinski definition) is 1. The minimum Gasteiger partial charge on any atom is -0.398 e. The van der Waals surface area contributed by atoms with E-state index < -0.39 is 0 Å². The Labute approximate surface area is 117 Å². The first-order valence-electron chi connectivity index (χ1n) is 4.84. The molecule has 0 aliphatic heterocycles. The van der Waals surface area contributed by atoms with Gasteiger partial charge in [-0.25, -0.2) is 0 Å². The van der Waals surface area contributed by atoms with Crippen molar-refractivity contribution in [3.05, 3.63) is 49.1 Å². The predicted molar refractivity (Wildman–Crippen MR) is 76.1 cm³/mol. The van der Waals surface area contributed by atoms with Crippen molar-refractivity contribution >= 4 is 50.3 Å². The van der Waals surface area contributed by atoms with E-state index in [9.17, 15) is 4.79 Å². The first kappa shape index (κ1) is 12.6. The molecule has 0 radical (unpaired) electrons. The minimum atomic E-state index is -0.0795. The van der Waals surface area contributed by atoms with Crippen LogP contribution >= 0.6 is 38.9 Å². The number of thiophene rings is 1. The summed E-state index contributed by atoms with van der Waals surface area (Å²) in [6.07, 6.45) is 0. The molecule has 1 aromatic carbocycles. The van der Waals surface area contributed by atoms with Gasteiger partial charge in [-0.15, -0.1) is 11.3 Å². The quantitative estimate of drug-likeness (QED) is 0.659. The van der Waals surface area contributed by atoms with Gasteiger partial charge >= 0.3 is 0 Å². The topological polar surface area (TPSA) is 43.1 Å². The Hall–Kier alpha value is -0.840. The van der Waals surface area contributed by atoms with E-state index in [1.165, 1.54) is 11.3 Å². The number of anilines is 1. The molecule has 0 atom stereocenters. The van der Waals surface area contributed by atoms with E-state index in [-0.39, 0.29) is 5.78 Å². The lowest BCUT2D eigenvalue weighted by Crippen LogP contribution is -2.03. The Balaban J connectivity index is 2.47. The molecule has 5 heteroatoms. The second kappa shape index (κ2) is 4.80. The fraction of sp³-hybridized carbons (Fsp3) is 0.0833. The molecule has 0 bridgehead atoms. The minimum absolute atomic E-state index is 0.0795. The number of aryl methyl sites for hydroxylation is 1. The van der Waals surface area contributed by atoms with Gasteiger partial charge in [0.05, 0.1) is 4.88 Å². The average Bonchev–Trinajstić information content (AvgIpc) is 2.57. The third-order valence-electron chi connectivity index (χ3n) is 2.27. The van der Waals surface area contributed by atoms with Crippen LogP contribution in [0.3, 0.4) is 0 Å². The van der Waals surface area contributed by atoms with Crippen molar-refractivity contribution in [2.45, 2.75) is 6.92 Å². The third-order valence-corrected chi connectivity index (χ3v) is 4.45. The second-order valence-corrected chi connectivity index (χ2v) is 6.14. The van der Waals surface area contributed by atoms with Gasteiger partial charge in [0.25, 0.3) is 0 Å². The van der Waals surface area contributed by atoms with Gasteiger partial charge in [-0.3, -0.25) is 4.79 Å². The largest absolute Gasteiger partial charge is 0.398 e. The van der Waals surface area contributed by atoms with Crippen LogP contribution in [0.25, 0.3) is 0 Å². The normalized spacial score (nSPS) is 10.5. The monoisotopic (exact) mass is 329 g/mol. The number of halogens is 2. The molecular formula is C12H9BrClNOS. The molecular weight excluding hydrogens is 322 g/mol. The van der Waals surface area contributed by atoms with E-state index in [1.807, 2.05) is 13.0 Å². The highest BCUT2D eigenvalue weighted by Crippen LogP contribution is 2.31. The van der Waals surface area contributed by atoms with Crippen molar-refractivity contribution < 1.29 is 4.79 Å². The van der Waals surface area contributed by atoms with Gasteiger partial charge in [-0.2, -0.15) is 0 Å². The highest BCUT2D eigenvalue weighted by Gasteiger charge is 2.17. The van der Waals surface area contributed by atoms with Gasteiger partial charge in [0.2, 0.25) is 5.78 Å². The Morgan fingerprint density at radius 2 is 2.12 bits per heavy atom. The number of ketones is 1. The first-order valence-corrected chi connectivity index (χ1v) is 6.83. The summed E-state index contributed by atoms with van der Waals surface area (Å²) in [5.41, 5.74) is 6.69. The summed E-state index contributed by atoms with van der Waals surface area (Å²) in [6, 6.07) is 6.83. The Bertz CT molecular complexity index is 594. The van der Waals surface area contributed by atoms with Crippen LogP contribution in [-0.4, -0.2) is 5.78 Å². The molecule has 2 N–H and O–H groups in total. The molecule has 0 fully saturated rings. The number of carbonyl (C=O) groups excluding carboxylic acids is 1. The van der Waals surface area contributed by atoms with Crippen LogP contribution in [0.4, 0.5) is 5.69 Å². The van der Waals surface area contributed by atoms with Crippen molar-refractivity contribution in [3.8, 4) is 0 Å². The van der Waals surface area contributed by atoms with E-state index >= 15 is 0 Å². The SMILES string of the molecule is Cc1cc(Br)c(C(=O)c2ccc(Cl)cc2N)s1. The number of carbonyl (C=O) groups is 1. The van der Waals surface area contributed by atoms with E-state index in [0.29, 0.717) is 21.2 Å². The highest BCUT2D eigenvalue weighted by atomic mass is 79.9. The Morgan fingerprint density at radius 3 is 2.65 bits per heavy atom. The number of nitrogens with two attached hydrogens (primary N) is 1. The molecule has 0 amide bonds. The zero-order valence-electron chi connectivity index (χ0n) is 8.96. The van der Waals surface area contributed by atoms with Gasteiger partial charge < -0.3 is 5.73 Å². The van der Waals surface area contributed by atoms with E-state index in [4.69, 9.17) is 17.3 Å². The molecule has 0 spiro atoms. The number of benzene rings is 1. The molecule has 88 valence electrons. The Kier molecular flexibility index (Phi) is 3.56. The van der Waals surface area contributed by atoms with Crippen molar-refractivity contribution in [3.63, 3.8) is 0 Å². The van der Waals surface area contributed by atoms with Crippen LogP contribution < -0.4 is 5.73 Å². The zero-order chi connectivity index (χ0) is 12.6. The lowest BCUT2D eigenvalue weighted by Gasteiger charge is -2.04. The molecule has 0 aliphatic carbocycles. The highest BCUT2D eigenvalue weighted by molar-refractivity contribution is 9.10. The third kappa shape index (κ3) is 2.54. The second-order valence-electron chi connectivity index (χ2n) is 3.59. The fourth-order valence-electron chi connectivity index (χ4n) is 1.50. The molecule has 1 heterocycles. The van der Waals surface area contributed by atoms with Crippen molar-refractivity contribution in [1.29, 1.82) is 0 Å². The number of hydrogen-bond acceptors (Lipinski definition) is 3. The maximum atomic E-state index is 12.3. The molecule has 1 aromatic heterocycles. The number of rotatable bonds is 2. The van der Waals surface area contributed by atoms with Crippen molar-refractivity contribution in [1.82, 2.24) is 0 Å². The summed E-state index contributed by atoms with van der Waals surface area (Å²) in [5, 5.41) is 0.528. The van der Waals surface area contributed by atoms with Crippen LogP contribution in [0, 0.1) is 6.92 Å². The Morgan fingerprint density at radius 1 is 1.41 bits per heavy atom. The van der Waals surface area contributed by atoms with Crippen LogP contribution in [0.5, 0.6) is 0 Å². The fourth-order valence-corrected chi connectivity index (χ4v) is 3.46. The van der Waals surface area contributed by atoms with Gasteiger partial charge in [-0.05, 0) is 47.1 Å².